The summed E-state index contributed by atoms with van der Waals surface area (Å²) in [6.45, 7) is 5.16. The molecule has 2 saturated heterocycles. The number of thiazole rings is 1. The zero-order valence-electron chi connectivity index (χ0n) is 14.1. The molecule has 0 aliphatic carbocycles. The van der Waals surface area contributed by atoms with Gasteiger partial charge in [-0.3, -0.25) is 18.9 Å². The van der Waals surface area contributed by atoms with E-state index in [2.05, 4.69) is 9.88 Å². The number of rotatable bonds is 2. The molecule has 6 nitrogen and oxygen atoms in total. The van der Waals surface area contributed by atoms with Gasteiger partial charge in [-0.05, 0) is 32.7 Å². The zero-order valence-corrected chi connectivity index (χ0v) is 14.9. The van der Waals surface area contributed by atoms with Gasteiger partial charge in [-0.1, -0.05) is 0 Å². The van der Waals surface area contributed by atoms with Crippen LogP contribution in [0, 0.1) is 12.3 Å². The molecular formula is C17H22N4O2S. The molecule has 7 heteroatoms. The number of likely N-dealkylation sites (tertiary alicyclic amines) is 2. The second kappa shape index (κ2) is 5.67. The van der Waals surface area contributed by atoms with Crippen LogP contribution in [-0.2, 0) is 11.3 Å². The largest absolute Gasteiger partial charge is 0.345 e. The summed E-state index contributed by atoms with van der Waals surface area (Å²) in [6.07, 6.45) is 4.80. The molecule has 0 bridgehead atoms. The van der Waals surface area contributed by atoms with Gasteiger partial charge in [0.05, 0.1) is 11.1 Å². The molecule has 0 saturated carbocycles. The predicted molar refractivity (Wildman–Crippen MR) is 93.3 cm³/mol. The zero-order chi connectivity index (χ0) is 16.9. The molecule has 4 rings (SSSR count). The van der Waals surface area contributed by atoms with E-state index >= 15 is 0 Å². The van der Waals surface area contributed by atoms with Crippen molar-refractivity contribution in [1.82, 2.24) is 19.2 Å². The van der Waals surface area contributed by atoms with Crippen LogP contribution in [0.25, 0.3) is 4.96 Å². The number of aryl methyl sites for hydroxylation is 1. The van der Waals surface area contributed by atoms with Crippen LogP contribution in [0.3, 0.4) is 0 Å². The van der Waals surface area contributed by atoms with E-state index in [0.29, 0.717) is 6.54 Å². The first-order valence-corrected chi connectivity index (χ1v) is 9.25. The van der Waals surface area contributed by atoms with Gasteiger partial charge in [0.2, 0.25) is 5.91 Å². The highest BCUT2D eigenvalue weighted by atomic mass is 32.1. The van der Waals surface area contributed by atoms with E-state index in [9.17, 15) is 9.59 Å². The molecule has 2 aliphatic rings. The fourth-order valence-corrected chi connectivity index (χ4v) is 4.96. The molecule has 2 fully saturated rings. The number of amides is 1. The SMILES string of the molecule is Cc1cn2c(=O)cc(CN3CC[C@@]4(CCCN(C)C4=O)C3)nc2s1. The Hall–Kier alpha value is -1.73. The van der Waals surface area contributed by atoms with Crippen molar-refractivity contribution in [2.45, 2.75) is 32.7 Å². The van der Waals surface area contributed by atoms with Gasteiger partial charge in [0.25, 0.3) is 5.56 Å². The number of hydrogen-bond acceptors (Lipinski definition) is 5. The summed E-state index contributed by atoms with van der Waals surface area (Å²) in [5, 5.41) is 0. The minimum atomic E-state index is -0.217. The highest BCUT2D eigenvalue weighted by Crippen LogP contribution is 2.39. The van der Waals surface area contributed by atoms with Crippen molar-refractivity contribution in [2.24, 2.45) is 5.41 Å². The molecule has 0 aromatic carbocycles. The van der Waals surface area contributed by atoms with E-state index in [4.69, 9.17) is 0 Å². The normalized spacial score (nSPS) is 25.2. The van der Waals surface area contributed by atoms with E-state index in [0.717, 1.165) is 54.4 Å². The predicted octanol–water partition coefficient (Wildman–Crippen LogP) is 1.51. The molecule has 0 radical (unpaired) electrons. The minimum absolute atomic E-state index is 0.0262. The van der Waals surface area contributed by atoms with Gasteiger partial charge in [0.1, 0.15) is 0 Å². The molecule has 1 spiro atoms. The van der Waals surface area contributed by atoms with Crippen LogP contribution in [0.5, 0.6) is 0 Å². The van der Waals surface area contributed by atoms with E-state index in [-0.39, 0.29) is 16.9 Å². The van der Waals surface area contributed by atoms with E-state index in [1.54, 1.807) is 10.5 Å². The fraction of sp³-hybridized carbons (Fsp3) is 0.588. The Labute approximate surface area is 144 Å². The molecular weight excluding hydrogens is 324 g/mol. The lowest BCUT2D eigenvalue weighted by molar-refractivity contribution is -0.143. The lowest BCUT2D eigenvalue weighted by atomic mass is 9.78. The first kappa shape index (κ1) is 15.8. The van der Waals surface area contributed by atoms with Crippen LogP contribution in [0.2, 0.25) is 0 Å². The Kier molecular flexibility index (Phi) is 3.73. The molecule has 0 unspecified atom stereocenters. The van der Waals surface area contributed by atoms with Crippen molar-refractivity contribution in [3.05, 3.63) is 33.2 Å². The summed E-state index contributed by atoms with van der Waals surface area (Å²) >= 11 is 1.53. The topological polar surface area (TPSA) is 57.9 Å². The fourth-order valence-electron chi connectivity index (χ4n) is 4.11. The molecule has 24 heavy (non-hydrogen) atoms. The van der Waals surface area contributed by atoms with Gasteiger partial charge in [-0.25, -0.2) is 4.98 Å². The molecule has 2 aliphatic heterocycles. The Morgan fingerprint density at radius 1 is 1.29 bits per heavy atom. The van der Waals surface area contributed by atoms with Gasteiger partial charge in [0, 0.05) is 43.8 Å². The maximum absolute atomic E-state index is 12.6. The van der Waals surface area contributed by atoms with Crippen molar-refractivity contribution in [2.75, 3.05) is 26.7 Å². The maximum atomic E-state index is 12.6. The van der Waals surface area contributed by atoms with Crippen LogP contribution in [-0.4, -0.2) is 51.8 Å². The second-order valence-corrected chi connectivity index (χ2v) is 8.36. The third-order valence-electron chi connectivity index (χ3n) is 5.30. The van der Waals surface area contributed by atoms with Crippen LogP contribution < -0.4 is 5.56 Å². The molecule has 1 atom stereocenters. The van der Waals surface area contributed by atoms with Gasteiger partial charge in [-0.2, -0.15) is 0 Å². The lowest BCUT2D eigenvalue weighted by Gasteiger charge is -2.37. The highest BCUT2D eigenvalue weighted by Gasteiger charge is 2.47. The van der Waals surface area contributed by atoms with E-state index in [1.165, 1.54) is 11.3 Å². The third kappa shape index (κ3) is 2.56. The lowest BCUT2D eigenvalue weighted by Crippen LogP contribution is -2.48. The van der Waals surface area contributed by atoms with Crippen LogP contribution in [0.1, 0.15) is 29.8 Å². The molecule has 2 aromatic heterocycles. The van der Waals surface area contributed by atoms with Crippen molar-refractivity contribution in [1.29, 1.82) is 0 Å². The molecule has 2 aromatic rings. The first-order chi connectivity index (χ1) is 11.5. The van der Waals surface area contributed by atoms with Crippen molar-refractivity contribution in [3.8, 4) is 0 Å². The van der Waals surface area contributed by atoms with Gasteiger partial charge >= 0.3 is 0 Å². The number of piperidine rings is 1. The molecule has 1 amide bonds. The average Bonchev–Trinajstić information content (AvgIpc) is 3.09. The molecule has 0 N–H and O–H groups in total. The summed E-state index contributed by atoms with van der Waals surface area (Å²) in [5.41, 5.74) is 0.559. The monoisotopic (exact) mass is 346 g/mol. The van der Waals surface area contributed by atoms with Crippen molar-refractivity contribution < 1.29 is 4.79 Å². The summed E-state index contributed by atoms with van der Waals surface area (Å²) in [7, 11) is 1.90. The summed E-state index contributed by atoms with van der Waals surface area (Å²) in [5.74, 6) is 0.286. The summed E-state index contributed by atoms with van der Waals surface area (Å²) in [4.78, 5) is 35.4. The standard InChI is InChI=1S/C17H22N4O2S/c1-12-9-21-14(22)8-13(18-16(21)24-12)10-20-7-5-17(11-20)4-3-6-19(2)15(17)23/h8-9H,3-7,10-11H2,1-2H3/t17-/m0/s1. The Morgan fingerprint density at radius 2 is 2.12 bits per heavy atom. The quantitative estimate of drug-likeness (QED) is 0.827. The van der Waals surface area contributed by atoms with Crippen LogP contribution >= 0.6 is 11.3 Å². The number of carbonyl (C=O) groups excluding carboxylic acids is 1. The highest BCUT2D eigenvalue weighted by molar-refractivity contribution is 7.16. The third-order valence-corrected chi connectivity index (χ3v) is 6.20. The average molecular weight is 346 g/mol. The van der Waals surface area contributed by atoms with Crippen LogP contribution in [0.15, 0.2) is 17.1 Å². The Morgan fingerprint density at radius 3 is 2.96 bits per heavy atom. The maximum Gasteiger partial charge on any atom is 0.258 e. The van der Waals surface area contributed by atoms with Gasteiger partial charge < -0.3 is 4.90 Å². The number of hydrogen-bond donors (Lipinski definition) is 0. The van der Waals surface area contributed by atoms with E-state index < -0.39 is 0 Å². The molecule has 128 valence electrons. The minimum Gasteiger partial charge on any atom is -0.345 e. The van der Waals surface area contributed by atoms with Crippen molar-refractivity contribution >= 4 is 22.2 Å². The second-order valence-electron chi connectivity index (χ2n) is 7.15. The summed E-state index contributed by atoms with van der Waals surface area (Å²) < 4.78 is 1.61. The smallest absolute Gasteiger partial charge is 0.258 e. The number of carbonyl (C=O) groups is 1. The van der Waals surface area contributed by atoms with Crippen molar-refractivity contribution in [3.63, 3.8) is 0 Å². The Balaban J connectivity index is 1.54. The Bertz CT molecular complexity index is 858. The summed E-state index contributed by atoms with van der Waals surface area (Å²) in [6, 6.07) is 1.62. The van der Waals surface area contributed by atoms with E-state index in [1.807, 2.05) is 25.1 Å². The number of aromatic nitrogens is 2. The molecule has 4 heterocycles. The van der Waals surface area contributed by atoms with Gasteiger partial charge in [-0.15, -0.1) is 11.3 Å². The first-order valence-electron chi connectivity index (χ1n) is 8.44. The number of fused-ring (bicyclic) bond motifs is 1. The van der Waals surface area contributed by atoms with Gasteiger partial charge in [0.15, 0.2) is 4.96 Å². The van der Waals surface area contributed by atoms with Crippen LogP contribution in [0.4, 0.5) is 0 Å². The number of nitrogens with zero attached hydrogens (tertiary/aromatic N) is 4.